The summed E-state index contributed by atoms with van der Waals surface area (Å²) in [6, 6.07) is 15.0. The minimum absolute atomic E-state index is 0.000954. The SMILES string of the molecule is CN(Cc1cccc2ccccc12)c1sc(S(C)(=O)=O)cc1[N+](=O)[O-]. The Morgan fingerprint density at radius 1 is 1.16 bits per heavy atom. The molecule has 0 radical (unpaired) electrons. The van der Waals surface area contributed by atoms with Crippen LogP contribution in [0.25, 0.3) is 10.8 Å². The van der Waals surface area contributed by atoms with Crippen molar-refractivity contribution in [2.75, 3.05) is 18.2 Å². The van der Waals surface area contributed by atoms with Crippen LogP contribution in [-0.4, -0.2) is 26.6 Å². The molecule has 0 aliphatic carbocycles. The molecule has 3 rings (SSSR count). The van der Waals surface area contributed by atoms with Gasteiger partial charge < -0.3 is 4.90 Å². The lowest BCUT2D eigenvalue weighted by molar-refractivity contribution is -0.383. The number of anilines is 1. The average Bonchev–Trinajstić information content (AvgIpc) is 3.01. The summed E-state index contributed by atoms with van der Waals surface area (Å²) in [7, 11) is -1.76. The molecule has 6 nitrogen and oxygen atoms in total. The highest BCUT2D eigenvalue weighted by molar-refractivity contribution is 7.92. The predicted octanol–water partition coefficient (Wildman–Crippen LogP) is 3.85. The smallest absolute Gasteiger partial charge is 0.305 e. The first-order valence-electron chi connectivity index (χ1n) is 7.43. The summed E-state index contributed by atoms with van der Waals surface area (Å²) in [4.78, 5) is 12.5. The van der Waals surface area contributed by atoms with Gasteiger partial charge in [0.05, 0.1) is 4.92 Å². The maximum Gasteiger partial charge on any atom is 0.305 e. The van der Waals surface area contributed by atoms with Gasteiger partial charge in [-0.15, -0.1) is 0 Å². The summed E-state index contributed by atoms with van der Waals surface area (Å²) in [5.74, 6) is 0. The number of rotatable bonds is 5. The van der Waals surface area contributed by atoms with Crippen LogP contribution < -0.4 is 4.90 Å². The second-order valence-corrected chi connectivity index (χ2v) is 9.05. The van der Waals surface area contributed by atoms with Crippen molar-refractivity contribution in [2.24, 2.45) is 0 Å². The molecule has 0 saturated heterocycles. The highest BCUT2D eigenvalue weighted by atomic mass is 32.2. The standard InChI is InChI=1S/C17H16N2O4S2/c1-18(11-13-8-5-7-12-6-3-4-9-14(12)13)17-15(19(20)21)10-16(24-17)25(2,22)23/h3-10H,11H2,1-2H3. The van der Waals surface area contributed by atoms with E-state index in [9.17, 15) is 18.5 Å². The van der Waals surface area contributed by atoms with E-state index < -0.39 is 14.8 Å². The molecule has 0 amide bonds. The van der Waals surface area contributed by atoms with Gasteiger partial charge in [0.2, 0.25) is 0 Å². The van der Waals surface area contributed by atoms with Crippen molar-refractivity contribution in [1.82, 2.24) is 0 Å². The summed E-state index contributed by atoms with van der Waals surface area (Å²) < 4.78 is 23.5. The lowest BCUT2D eigenvalue weighted by Crippen LogP contribution is -2.16. The number of nitro groups is 1. The fourth-order valence-electron chi connectivity index (χ4n) is 2.70. The van der Waals surface area contributed by atoms with Crippen LogP contribution in [0, 0.1) is 10.1 Å². The van der Waals surface area contributed by atoms with E-state index in [1.165, 1.54) is 0 Å². The van der Waals surface area contributed by atoms with Crippen molar-refractivity contribution in [1.29, 1.82) is 0 Å². The molecule has 2 aromatic carbocycles. The van der Waals surface area contributed by atoms with Crippen molar-refractivity contribution in [3.8, 4) is 0 Å². The Morgan fingerprint density at radius 3 is 2.52 bits per heavy atom. The monoisotopic (exact) mass is 376 g/mol. The van der Waals surface area contributed by atoms with Crippen molar-refractivity contribution < 1.29 is 13.3 Å². The Balaban J connectivity index is 2.02. The second kappa shape index (κ2) is 6.45. The maximum absolute atomic E-state index is 11.7. The first-order chi connectivity index (χ1) is 11.8. The van der Waals surface area contributed by atoms with Gasteiger partial charge in [-0.3, -0.25) is 10.1 Å². The maximum atomic E-state index is 11.7. The zero-order valence-electron chi connectivity index (χ0n) is 13.7. The van der Waals surface area contributed by atoms with Gasteiger partial charge in [-0.2, -0.15) is 0 Å². The molecule has 0 aliphatic rings. The molecule has 0 bridgehead atoms. The first-order valence-corrected chi connectivity index (χ1v) is 10.1. The normalized spacial score (nSPS) is 11.6. The molecule has 8 heteroatoms. The molecule has 0 fully saturated rings. The van der Waals surface area contributed by atoms with Crippen molar-refractivity contribution in [3.05, 3.63) is 64.2 Å². The van der Waals surface area contributed by atoms with Gasteiger partial charge in [0, 0.05) is 25.9 Å². The van der Waals surface area contributed by atoms with Gasteiger partial charge in [0.15, 0.2) is 14.8 Å². The minimum Gasteiger partial charge on any atom is -0.356 e. The Labute approximate surface area is 149 Å². The van der Waals surface area contributed by atoms with Gasteiger partial charge in [0.25, 0.3) is 0 Å². The van der Waals surface area contributed by atoms with E-state index in [2.05, 4.69) is 0 Å². The topological polar surface area (TPSA) is 80.5 Å². The van der Waals surface area contributed by atoms with Crippen LogP contribution >= 0.6 is 11.3 Å². The molecule has 25 heavy (non-hydrogen) atoms. The van der Waals surface area contributed by atoms with E-state index in [4.69, 9.17) is 0 Å². The van der Waals surface area contributed by atoms with Gasteiger partial charge in [-0.1, -0.05) is 53.8 Å². The highest BCUT2D eigenvalue weighted by Crippen LogP contribution is 2.40. The lowest BCUT2D eigenvalue weighted by Gasteiger charge is -2.18. The number of hydrogen-bond donors (Lipinski definition) is 0. The molecule has 0 saturated carbocycles. The van der Waals surface area contributed by atoms with Crippen LogP contribution in [-0.2, 0) is 16.4 Å². The fraction of sp³-hybridized carbons (Fsp3) is 0.176. The molecular weight excluding hydrogens is 360 g/mol. The largest absolute Gasteiger partial charge is 0.356 e. The summed E-state index contributed by atoms with van der Waals surface area (Å²) in [6.45, 7) is 0.436. The fourth-order valence-corrected chi connectivity index (χ4v) is 4.68. The van der Waals surface area contributed by atoms with E-state index in [-0.39, 0.29) is 9.90 Å². The number of thiophene rings is 1. The van der Waals surface area contributed by atoms with E-state index in [1.54, 1.807) is 11.9 Å². The van der Waals surface area contributed by atoms with Gasteiger partial charge in [-0.25, -0.2) is 8.42 Å². The van der Waals surface area contributed by atoms with Crippen LogP contribution in [0.15, 0.2) is 52.7 Å². The zero-order valence-corrected chi connectivity index (χ0v) is 15.3. The van der Waals surface area contributed by atoms with Gasteiger partial charge in [-0.05, 0) is 16.3 Å². The molecule has 1 aromatic heterocycles. The number of benzene rings is 2. The number of fused-ring (bicyclic) bond motifs is 1. The van der Waals surface area contributed by atoms with Crippen LogP contribution in [0.4, 0.5) is 10.7 Å². The van der Waals surface area contributed by atoms with Gasteiger partial charge in [0.1, 0.15) is 4.21 Å². The van der Waals surface area contributed by atoms with Crippen LogP contribution in [0.2, 0.25) is 0 Å². The highest BCUT2D eigenvalue weighted by Gasteiger charge is 2.26. The molecule has 0 N–H and O–H groups in total. The lowest BCUT2D eigenvalue weighted by atomic mass is 10.0. The third kappa shape index (κ3) is 3.49. The summed E-state index contributed by atoms with van der Waals surface area (Å²) in [6.07, 6.45) is 1.05. The molecule has 0 unspecified atom stereocenters. The van der Waals surface area contributed by atoms with Crippen molar-refractivity contribution in [2.45, 2.75) is 10.8 Å². The molecule has 0 atom stereocenters. The Morgan fingerprint density at radius 2 is 1.84 bits per heavy atom. The van der Waals surface area contributed by atoms with Gasteiger partial charge >= 0.3 is 5.69 Å². The number of hydrogen-bond acceptors (Lipinski definition) is 6. The second-order valence-electron chi connectivity index (χ2n) is 5.78. The van der Waals surface area contributed by atoms with E-state index in [0.717, 1.165) is 40.0 Å². The summed E-state index contributed by atoms with van der Waals surface area (Å²) in [5, 5.41) is 13.8. The summed E-state index contributed by atoms with van der Waals surface area (Å²) in [5.41, 5.74) is 0.831. The Bertz CT molecular complexity index is 1050. The quantitative estimate of drug-likeness (QED) is 0.499. The Hall–Kier alpha value is -2.45. The van der Waals surface area contributed by atoms with Crippen LogP contribution in [0.1, 0.15) is 5.56 Å². The molecule has 0 spiro atoms. The molecule has 1 heterocycles. The van der Waals surface area contributed by atoms with E-state index >= 15 is 0 Å². The van der Waals surface area contributed by atoms with Crippen LogP contribution in [0.3, 0.4) is 0 Å². The first kappa shape index (κ1) is 17.4. The van der Waals surface area contributed by atoms with Crippen molar-refractivity contribution >= 4 is 42.6 Å². The molecule has 3 aromatic rings. The third-order valence-corrected chi connectivity index (χ3v) is 6.91. The van der Waals surface area contributed by atoms with Crippen LogP contribution in [0.5, 0.6) is 0 Å². The molecule has 0 aliphatic heterocycles. The minimum atomic E-state index is -3.49. The van der Waals surface area contributed by atoms with E-state index in [1.807, 2.05) is 42.5 Å². The predicted molar refractivity (Wildman–Crippen MR) is 100 cm³/mol. The average molecular weight is 376 g/mol. The zero-order chi connectivity index (χ0) is 18.2. The third-order valence-electron chi connectivity index (χ3n) is 3.87. The molecular formula is C17H16N2O4S2. The number of nitrogens with zero attached hydrogens (tertiary/aromatic N) is 2. The number of sulfone groups is 1. The van der Waals surface area contributed by atoms with E-state index in [0.29, 0.717) is 11.5 Å². The summed E-state index contributed by atoms with van der Waals surface area (Å²) >= 11 is 0.924. The Kier molecular flexibility index (Phi) is 4.49. The van der Waals surface area contributed by atoms with Crippen molar-refractivity contribution in [3.63, 3.8) is 0 Å². The molecule has 130 valence electrons.